The smallest absolute Gasteiger partial charge is 0.276 e. The molecule has 16 heavy (non-hydrogen) atoms. The second kappa shape index (κ2) is 4.12. The molecule has 88 valence electrons. The van der Waals surface area contributed by atoms with Crippen molar-refractivity contribution in [2.24, 2.45) is 0 Å². The predicted octanol–water partition coefficient (Wildman–Crippen LogP) is 3.21. The summed E-state index contributed by atoms with van der Waals surface area (Å²) < 4.78 is 5.21. The zero-order chi connectivity index (χ0) is 12.5. The van der Waals surface area contributed by atoms with Gasteiger partial charge in [-0.05, 0) is 18.4 Å². The summed E-state index contributed by atoms with van der Waals surface area (Å²) in [4.78, 5) is 10.4. The highest BCUT2D eigenvalue weighted by molar-refractivity contribution is 5.52. The van der Waals surface area contributed by atoms with E-state index in [9.17, 15) is 10.1 Å². The lowest BCUT2D eigenvalue weighted by Crippen LogP contribution is -2.13. The summed E-state index contributed by atoms with van der Waals surface area (Å²) in [6.45, 7) is 7.90. The second-order valence-corrected chi connectivity index (χ2v) is 4.85. The molecule has 0 unspecified atom stereocenters. The standard InChI is InChI=1S/C12H17NO3/c1-8-6-9(12(2,3)4)11(16-5)7-10(8)13(14)15/h6-7H,1-5H3. The van der Waals surface area contributed by atoms with E-state index in [1.165, 1.54) is 13.2 Å². The molecule has 0 amide bonds. The first-order chi connectivity index (χ1) is 7.27. The van der Waals surface area contributed by atoms with Gasteiger partial charge in [-0.2, -0.15) is 0 Å². The lowest BCUT2D eigenvalue weighted by molar-refractivity contribution is -0.385. The Bertz CT molecular complexity index is 419. The Hall–Kier alpha value is -1.58. The van der Waals surface area contributed by atoms with Gasteiger partial charge >= 0.3 is 0 Å². The van der Waals surface area contributed by atoms with Gasteiger partial charge in [-0.25, -0.2) is 0 Å². The number of ether oxygens (including phenoxy) is 1. The third-order valence-corrected chi connectivity index (χ3v) is 2.52. The highest BCUT2D eigenvalue weighted by Crippen LogP contribution is 2.35. The van der Waals surface area contributed by atoms with Gasteiger partial charge in [0.15, 0.2) is 0 Å². The van der Waals surface area contributed by atoms with Crippen LogP contribution in [0.15, 0.2) is 12.1 Å². The van der Waals surface area contributed by atoms with Crippen molar-refractivity contribution in [2.45, 2.75) is 33.1 Å². The first kappa shape index (κ1) is 12.5. The van der Waals surface area contributed by atoms with Crippen LogP contribution in [0.5, 0.6) is 5.75 Å². The zero-order valence-corrected chi connectivity index (χ0v) is 10.3. The Morgan fingerprint density at radius 3 is 2.25 bits per heavy atom. The van der Waals surface area contributed by atoms with Gasteiger partial charge in [-0.15, -0.1) is 0 Å². The minimum atomic E-state index is -0.385. The summed E-state index contributed by atoms with van der Waals surface area (Å²) in [6.07, 6.45) is 0. The second-order valence-electron chi connectivity index (χ2n) is 4.85. The molecule has 0 saturated carbocycles. The van der Waals surface area contributed by atoms with Crippen molar-refractivity contribution in [3.63, 3.8) is 0 Å². The molecule has 4 heteroatoms. The number of hydrogen-bond donors (Lipinski definition) is 0. The number of benzene rings is 1. The first-order valence-corrected chi connectivity index (χ1v) is 5.11. The van der Waals surface area contributed by atoms with Crippen LogP contribution in [-0.4, -0.2) is 12.0 Å². The third-order valence-electron chi connectivity index (χ3n) is 2.52. The Labute approximate surface area is 95.4 Å². The normalized spacial score (nSPS) is 11.3. The summed E-state index contributed by atoms with van der Waals surface area (Å²) in [6, 6.07) is 3.33. The maximum Gasteiger partial charge on any atom is 0.276 e. The largest absolute Gasteiger partial charge is 0.496 e. The zero-order valence-electron chi connectivity index (χ0n) is 10.3. The SMILES string of the molecule is COc1cc([N+](=O)[O-])c(C)cc1C(C)(C)C. The van der Waals surface area contributed by atoms with Crippen molar-refractivity contribution >= 4 is 5.69 Å². The molecule has 4 nitrogen and oxygen atoms in total. The molecule has 0 bridgehead atoms. The maximum absolute atomic E-state index is 10.8. The van der Waals surface area contributed by atoms with E-state index in [2.05, 4.69) is 20.8 Å². The molecule has 0 fully saturated rings. The van der Waals surface area contributed by atoms with E-state index in [4.69, 9.17) is 4.74 Å². The summed E-state index contributed by atoms with van der Waals surface area (Å²) in [5.74, 6) is 0.574. The Balaban J connectivity index is 3.44. The van der Waals surface area contributed by atoms with Gasteiger partial charge in [0.2, 0.25) is 0 Å². The predicted molar refractivity (Wildman–Crippen MR) is 63.1 cm³/mol. The average molecular weight is 223 g/mol. The van der Waals surface area contributed by atoms with Crippen LogP contribution in [0.2, 0.25) is 0 Å². The molecule has 0 atom stereocenters. The van der Waals surface area contributed by atoms with Crippen LogP contribution in [-0.2, 0) is 5.41 Å². The molecule has 0 aliphatic carbocycles. The maximum atomic E-state index is 10.8. The molecular formula is C12H17NO3. The summed E-state index contributed by atoms with van der Waals surface area (Å²) in [5, 5.41) is 10.8. The van der Waals surface area contributed by atoms with Crippen molar-refractivity contribution in [3.8, 4) is 5.75 Å². The Kier molecular flexibility index (Phi) is 3.21. The Morgan fingerprint density at radius 1 is 1.31 bits per heavy atom. The van der Waals surface area contributed by atoms with Crippen LogP contribution in [0.4, 0.5) is 5.69 Å². The number of hydrogen-bond acceptors (Lipinski definition) is 3. The minimum absolute atomic E-state index is 0.0920. The van der Waals surface area contributed by atoms with Gasteiger partial charge in [0.1, 0.15) is 5.75 Å². The number of nitro benzene ring substituents is 1. The summed E-state index contributed by atoms with van der Waals surface area (Å²) in [7, 11) is 1.53. The summed E-state index contributed by atoms with van der Waals surface area (Å²) in [5.41, 5.74) is 1.66. The molecule has 1 aromatic carbocycles. The van der Waals surface area contributed by atoms with Crippen LogP contribution >= 0.6 is 0 Å². The third kappa shape index (κ3) is 2.32. The van der Waals surface area contributed by atoms with E-state index in [0.29, 0.717) is 11.3 Å². The van der Waals surface area contributed by atoms with Gasteiger partial charge in [0.05, 0.1) is 18.1 Å². The number of nitrogens with zero attached hydrogens (tertiary/aromatic N) is 1. The topological polar surface area (TPSA) is 52.4 Å². The fourth-order valence-corrected chi connectivity index (χ4v) is 1.63. The van der Waals surface area contributed by atoms with Crippen LogP contribution in [0, 0.1) is 17.0 Å². The molecule has 0 heterocycles. The van der Waals surface area contributed by atoms with Crippen molar-refractivity contribution in [2.75, 3.05) is 7.11 Å². The van der Waals surface area contributed by atoms with Gasteiger partial charge in [0, 0.05) is 11.1 Å². The van der Waals surface area contributed by atoms with E-state index < -0.39 is 0 Å². The molecule has 0 saturated heterocycles. The molecule has 0 radical (unpaired) electrons. The Morgan fingerprint density at radius 2 is 1.88 bits per heavy atom. The molecule has 1 rings (SSSR count). The number of rotatable bonds is 2. The van der Waals surface area contributed by atoms with Crippen LogP contribution in [0.1, 0.15) is 31.9 Å². The van der Waals surface area contributed by atoms with E-state index >= 15 is 0 Å². The fraction of sp³-hybridized carbons (Fsp3) is 0.500. The van der Waals surface area contributed by atoms with Gasteiger partial charge < -0.3 is 4.74 Å². The molecule has 1 aromatic rings. The number of methoxy groups -OCH3 is 1. The van der Waals surface area contributed by atoms with E-state index in [1.807, 2.05) is 6.07 Å². The number of nitro groups is 1. The van der Waals surface area contributed by atoms with E-state index in [0.717, 1.165) is 5.56 Å². The lowest BCUT2D eigenvalue weighted by Gasteiger charge is -2.22. The molecule has 0 spiro atoms. The van der Waals surface area contributed by atoms with Crippen molar-refractivity contribution in [1.82, 2.24) is 0 Å². The van der Waals surface area contributed by atoms with Crippen molar-refractivity contribution < 1.29 is 9.66 Å². The van der Waals surface area contributed by atoms with Gasteiger partial charge in [-0.3, -0.25) is 10.1 Å². The average Bonchev–Trinajstić information content (AvgIpc) is 2.15. The van der Waals surface area contributed by atoms with Crippen LogP contribution < -0.4 is 4.74 Å². The van der Waals surface area contributed by atoms with Crippen molar-refractivity contribution in [1.29, 1.82) is 0 Å². The molecule has 0 aliphatic heterocycles. The van der Waals surface area contributed by atoms with Crippen LogP contribution in [0.3, 0.4) is 0 Å². The fourth-order valence-electron chi connectivity index (χ4n) is 1.63. The number of aryl methyl sites for hydroxylation is 1. The van der Waals surface area contributed by atoms with Gasteiger partial charge in [-0.1, -0.05) is 20.8 Å². The summed E-state index contributed by atoms with van der Waals surface area (Å²) >= 11 is 0. The van der Waals surface area contributed by atoms with Crippen LogP contribution in [0.25, 0.3) is 0 Å². The van der Waals surface area contributed by atoms with Gasteiger partial charge in [0.25, 0.3) is 5.69 Å². The monoisotopic (exact) mass is 223 g/mol. The minimum Gasteiger partial charge on any atom is -0.496 e. The van der Waals surface area contributed by atoms with E-state index in [-0.39, 0.29) is 16.0 Å². The molecule has 0 aromatic heterocycles. The molecule has 0 aliphatic rings. The highest BCUT2D eigenvalue weighted by Gasteiger charge is 2.23. The first-order valence-electron chi connectivity index (χ1n) is 5.11. The molecular weight excluding hydrogens is 206 g/mol. The quantitative estimate of drug-likeness (QED) is 0.571. The van der Waals surface area contributed by atoms with E-state index in [1.54, 1.807) is 6.92 Å². The lowest BCUT2D eigenvalue weighted by atomic mass is 9.85. The molecule has 0 N–H and O–H groups in total. The highest BCUT2D eigenvalue weighted by atomic mass is 16.6. The van der Waals surface area contributed by atoms with Crippen molar-refractivity contribution in [3.05, 3.63) is 33.4 Å².